The molecule has 102 valence electrons. The first-order valence-corrected chi connectivity index (χ1v) is 6.33. The lowest BCUT2D eigenvalue weighted by atomic mass is 10.2. The number of hydrogen-bond donors (Lipinski definition) is 2. The molecular formula is C16H13N5. The van der Waals surface area contributed by atoms with Crippen LogP contribution in [-0.4, -0.2) is 5.71 Å². The Morgan fingerprint density at radius 2 is 1.52 bits per heavy atom. The number of hydrogen-bond acceptors (Lipinski definition) is 5. The van der Waals surface area contributed by atoms with E-state index in [4.69, 9.17) is 10.5 Å². The molecule has 0 aliphatic carbocycles. The standard InChI is InChI=1S/C16H13N5/c17-10-16(11-18)21-20-15-8-6-14(7-9-15)19-12-13-4-2-1-3-5-13/h1-9,19-20H,12H2. The topological polar surface area (TPSA) is 84.0 Å². The molecule has 5 heteroatoms. The molecule has 0 radical (unpaired) electrons. The van der Waals surface area contributed by atoms with Crippen LogP contribution in [0.1, 0.15) is 5.56 Å². The van der Waals surface area contributed by atoms with Crippen LogP contribution in [0.15, 0.2) is 59.7 Å². The quantitative estimate of drug-likeness (QED) is 0.648. The van der Waals surface area contributed by atoms with Crippen molar-refractivity contribution in [2.75, 3.05) is 10.7 Å². The molecule has 2 aromatic rings. The Bertz CT molecular complexity index is 674. The van der Waals surface area contributed by atoms with Gasteiger partial charge in [-0.25, -0.2) is 0 Å². The van der Waals surface area contributed by atoms with E-state index in [9.17, 15) is 0 Å². The van der Waals surface area contributed by atoms with Gasteiger partial charge in [0.1, 0.15) is 12.1 Å². The molecule has 2 rings (SSSR count). The number of nitrogens with zero attached hydrogens (tertiary/aromatic N) is 3. The van der Waals surface area contributed by atoms with Crippen LogP contribution >= 0.6 is 0 Å². The molecule has 2 aromatic carbocycles. The fourth-order valence-corrected chi connectivity index (χ4v) is 1.66. The van der Waals surface area contributed by atoms with Crippen LogP contribution < -0.4 is 10.7 Å². The average molecular weight is 275 g/mol. The van der Waals surface area contributed by atoms with Crippen molar-refractivity contribution < 1.29 is 0 Å². The maximum Gasteiger partial charge on any atom is 0.237 e. The first-order chi connectivity index (χ1) is 10.3. The van der Waals surface area contributed by atoms with Gasteiger partial charge in [-0.1, -0.05) is 30.3 Å². The van der Waals surface area contributed by atoms with Gasteiger partial charge in [-0.15, -0.1) is 0 Å². The highest BCUT2D eigenvalue weighted by Gasteiger charge is 1.96. The van der Waals surface area contributed by atoms with Crippen molar-refractivity contribution in [1.29, 1.82) is 10.5 Å². The monoisotopic (exact) mass is 275 g/mol. The molecule has 0 atom stereocenters. The van der Waals surface area contributed by atoms with E-state index in [0.29, 0.717) is 5.69 Å². The van der Waals surface area contributed by atoms with Crippen LogP contribution in [-0.2, 0) is 6.54 Å². The van der Waals surface area contributed by atoms with E-state index in [1.165, 1.54) is 5.56 Å². The summed E-state index contributed by atoms with van der Waals surface area (Å²) in [6.07, 6.45) is 0. The summed E-state index contributed by atoms with van der Waals surface area (Å²) in [6.45, 7) is 0.749. The van der Waals surface area contributed by atoms with Crippen LogP contribution in [0, 0.1) is 22.7 Å². The molecule has 0 aliphatic rings. The van der Waals surface area contributed by atoms with E-state index in [0.717, 1.165) is 12.2 Å². The first kappa shape index (κ1) is 14.1. The lowest BCUT2D eigenvalue weighted by Gasteiger charge is -2.07. The zero-order valence-corrected chi connectivity index (χ0v) is 11.2. The van der Waals surface area contributed by atoms with Gasteiger partial charge < -0.3 is 5.32 Å². The van der Waals surface area contributed by atoms with Crippen LogP contribution in [0.5, 0.6) is 0 Å². The highest BCUT2D eigenvalue weighted by atomic mass is 15.3. The minimum absolute atomic E-state index is 0.207. The van der Waals surface area contributed by atoms with E-state index in [2.05, 4.69) is 28.0 Å². The molecule has 0 aromatic heterocycles. The summed E-state index contributed by atoms with van der Waals surface area (Å²) in [7, 11) is 0. The van der Waals surface area contributed by atoms with Crippen LogP contribution in [0.4, 0.5) is 11.4 Å². The molecule has 0 saturated heterocycles. The summed E-state index contributed by atoms with van der Waals surface area (Å²) in [5.41, 5.74) is 5.35. The number of hydrazone groups is 1. The van der Waals surface area contributed by atoms with Crippen molar-refractivity contribution in [2.45, 2.75) is 6.54 Å². The summed E-state index contributed by atoms with van der Waals surface area (Å²) < 4.78 is 0. The minimum Gasteiger partial charge on any atom is -0.381 e. The molecule has 5 nitrogen and oxygen atoms in total. The smallest absolute Gasteiger partial charge is 0.237 e. The summed E-state index contributed by atoms with van der Waals surface area (Å²) in [5, 5.41) is 24.1. The Balaban J connectivity index is 1.92. The van der Waals surface area contributed by atoms with E-state index in [1.54, 1.807) is 12.1 Å². The summed E-state index contributed by atoms with van der Waals surface area (Å²) in [4.78, 5) is 0. The fraction of sp³-hybridized carbons (Fsp3) is 0.0625. The first-order valence-electron chi connectivity index (χ1n) is 6.33. The lowest BCUT2D eigenvalue weighted by Crippen LogP contribution is -1.99. The molecule has 2 N–H and O–H groups in total. The van der Waals surface area contributed by atoms with Gasteiger partial charge in [0, 0.05) is 12.2 Å². The molecule has 21 heavy (non-hydrogen) atoms. The molecule has 0 amide bonds. The third kappa shape index (κ3) is 4.38. The molecule has 0 aliphatic heterocycles. The largest absolute Gasteiger partial charge is 0.381 e. The Kier molecular flexibility index (Phi) is 4.92. The second-order valence-corrected chi connectivity index (χ2v) is 4.21. The summed E-state index contributed by atoms with van der Waals surface area (Å²) in [6, 6.07) is 20.9. The third-order valence-electron chi connectivity index (χ3n) is 2.73. The van der Waals surface area contributed by atoms with Crippen molar-refractivity contribution in [1.82, 2.24) is 0 Å². The predicted octanol–water partition coefficient (Wildman–Crippen LogP) is 3.11. The highest BCUT2D eigenvalue weighted by Crippen LogP contribution is 2.14. The van der Waals surface area contributed by atoms with Crippen LogP contribution in [0.3, 0.4) is 0 Å². The van der Waals surface area contributed by atoms with Crippen molar-refractivity contribution in [2.24, 2.45) is 5.10 Å². The minimum atomic E-state index is -0.207. The van der Waals surface area contributed by atoms with Gasteiger partial charge in [-0.3, -0.25) is 5.43 Å². The number of benzene rings is 2. The average Bonchev–Trinajstić information content (AvgIpc) is 2.56. The Labute approximate surface area is 123 Å². The predicted molar refractivity (Wildman–Crippen MR) is 82.5 cm³/mol. The van der Waals surface area contributed by atoms with Crippen LogP contribution in [0.2, 0.25) is 0 Å². The fourth-order valence-electron chi connectivity index (χ4n) is 1.66. The molecule has 0 saturated carbocycles. The molecule has 0 unspecified atom stereocenters. The summed E-state index contributed by atoms with van der Waals surface area (Å²) >= 11 is 0. The van der Waals surface area contributed by atoms with Gasteiger partial charge in [0.2, 0.25) is 5.71 Å². The lowest BCUT2D eigenvalue weighted by molar-refractivity contribution is 1.15. The normalized spacial score (nSPS) is 9.05. The second kappa shape index (κ2) is 7.32. The van der Waals surface area contributed by atoms with E-state index < -0.39 is 0 Å². The van der Waals surface area contributed by atoms with Crippen molar-refractivity contribution in [3.8, 4) is 12.1 Å². The Morgan fingerprint density at radius 3 is 2.14 bits per heavy atom. The SMILES string of the molecule is N#CC(C#N)=NNc1ccc(NCc2ccccc2)cc1. The molecule has 0 spiro atoms. The summed E-state index contributed by atoms with van der Waals surface area (Å²) in [5.74, 6) is 0. The Hall–Kier alpha value is -3.31. The number of nitriles is 2. The molecule has 0 bridgehead atoms. The van der Waals surface area contributed by atoms with E-state index in [-0.39, 0.29) is 5.71 Å². The van der Waals surface area contributed by atoms with Gasteiger partial charge >= 0.3 is 0 Å². The van der Waals surface area contributed by atoms with Crippen molar-refractivity contribution in [3.05, 3.63) is 60.2 Å². The van der Waals surface area contributed by atoms with Gasteiger partial charge in [0.25, 0.3) is 0 Å². The third-order valence-corrected chi connectivity index (χ3v) is 2.73. The maximum atomic E-state index is 8.57. The highest BCUT2D eigenvalue weighted by molar-refractivity contribution is 6.10. The van der Waals surface area contributed by atoms with Crippen molar-refractivity contribution >= 4 is 17.1 Å². The number of anilines is 2. The van der Waals surface area contributed by atoms with Crippen molar-refractivity contribution in [3.63, 3.8) is 0 Å². The zero-order valence-electron chi connectivity index (χ0n) is 11.2. The molecular weight excluding hydrogens is 262 g/mol. The van der Waals surface area contributed by atoms with Crippen LogP contribution in [0.25, 0.3) is 0 Å². The number of rotatable bonds is 5. The number of nitrogens with one attached hydrogen (secondary N) is 2. The zero-order chi connectivity index (χ0) is 14.9. The maximum absolute atomic E-state index is 8.57. The van der Waals surface area contributed by atoms with Gasteiger partial charge in [-0.05, 0) is 29.8 Å². The van der Waals surface area contributed by atoms with Gasteiger partial charge in [0.05, 0.1) is 5.69 Å². The molecule has 0 fully saturated rings. The molecule has 0 heterocycles. The van der Waals surface area contributed by atoms with Gasteiger partial charge in [-0.2, -0.15) is 15.6 Å². The van der Waals surface area contributed by atoms with E-state index >= 15 is 0 Å². The second-order valence-electron chi connectivity index (χ2n) is 4.21. The van der Waals surface area contributed by atoms with Gasteiger partial charge in [0.15, 0.2) is 0 Å². The van der Waals surface area contributed by atoms with E-state index in [1.807, 2.05) is 42.5 Å². The Morgan fingerprint density at radius 1 is 0.905 bits per heavy atom.